The number of aliphatic hydroxyl groups excluding tert-OH is 1. The SMILES string of the molecule is C.COC(=O)[C@H](CCO)NC(=O)OCc1ccccc1.COCOCC[C@H](NC(=O)OCc1ccccc1)C(=O)OC. The maximum Gasteiger partial charge on any atom is 0.408 e. The van der Waals surface area contributed by atoms with Gasteiger partial charge in [0.1, 0.15) is 32.1 Å². The highest BCUT2D eigenvalue weighted by Gasteiger charge is 2.22. The third-order valence-corrected chi connectivity index (χ3v) is 5.15. The number of amides is 2. The average Bonchev–Trinajstić information content (AvgIpc) is 3.00. The monoisotopic (exact) mass is 594 g/mol. The predicted octanol–water partition coefficient (Wildman–Crippen LogP) is 2.94. The Hall–Kier alpha value is -4.20. The number of alkyl carbamates (subject to hydrolysis) is 2. The predicted molar refractivity (Wildman–Crippen MR) is 152 cm³/mol. The van der Waals surface area contributed by atoms with E-state index in [2.05, 4.69) is 20.1 Å². The Balaban J connectivity index is 0.000000790. The van der Waals surface area contributed by atoms with E-state index in [0.29, 0.717) is 0 Å². The van der Waals surface area contributed by atoms with Crippen molar-refractivity contribution in [1.82, 2.24) is 10.6 Å². The molecule has 42 heavy (non-hydrogen) atoms. The molecule has 234 valence electrons. The van der Waals surface area contributed by atoms with Gasteiger partial charge in [0.25, 0.3) is 0 Å². The molecule has 0 saturated heterocycles. The van der Waals surface area contributed by atoms with E-state index in [1.54, 1.807) is 0 Å². The molecule has 0 aliphatic carbocycles. The highest BCUT2D eigenvalue weighted by atomic mass is 16.7. The summed E-state index contributed by atoms with van der Waals surface area (Å²) in [5, 5.41) is 13.6. The standard InChI is InChI=1S/C15H21NO6.C13H17NO5.CH4/c1-19-11-21-9-8-13(14(17)20-2)16-15(18)22-10-12-6-4-3-5-7-12;1-18-12(16)11(7-8-15)14-13(17)19-9-10-5-3-2-4-6-10;/h3-7,13H,8-11H2,1-2H3,(H,16,18);2-6,11,15H,7-9H2,1H3,(H,14,17);1H4/t13-;11-;/m00./s1. The number of hydrogen-bond acceptors (Lipinski definition) is 11. The van der Waals surface area contributed by atoms with Crippen LogP contribution in [0.25, 0.3) is 0 Å². The smallest absolute Gasteiger partial charge is 0.408 e. The van der Waals surface area contributed by atoms with E-state index >= 15 is 0 Å². The third kappa shape index (κ3) is 16.8. The number of benzene rings is 2. The lowest BCUT2D eigenvalue weighted by atomic mass is 10.2. The fourth-order valence-electron chi connectivity index (χ4n) is 3.07. The van der Waals surface area contributed by atoms with Crippen LogP contribution in [0.4, 0.5) is 9.59 Å². The second kappa shape index (κ2) is 23.5. The first kappa shape index (κ1) is 37.8. The minimum absolute atomic E-state index is 0. The Labute approximate surface area is 246 Å². The first-order chi connectivity index (χ1) is 19.8. The van der Waals surface area contributed by atoms with Gasteiger partial charge in [0.2, 0.25) is 0 Å². The average molecular weight is 595 g/mol. The second-order valence-electron chi connectivity index (χ2n) is 8.18. The molecule has 2 rings (SSSR count). The van der Waals surface area contributed by atoms with Gasteiger partial charge in [-0.2, -0.15) is 0 Å². The van der Waals surface area contributed by atoms with E-state index in [-0.39, 0.29) is 53.5 Å². The molecule has 2 aromatic carbocycles. The van der Waals surface area contributed by atoms with Gasteiger partial charge in [0, 0.05) is 26.6 Å². The van der Waals surface area contributed by atoms with Gasteiger partial charge in [0.15, 0.2) is 0 Å². The number of nitrogens with one attached hydrogen (secondary N) is 2. The molecule has 0 saturated carbocycles. The van der Waals surface area contributed by atoms with Gasteiger partial charge in [-0.3, -0.25) is 0 Å². The van der Waals surface area contributed by atoms with Crippen LogP contribution in [0.3, 0.4) is 0 Å². The van der Waals surface area contributed by atoms with E-state index in [0.717, 1.165) is 11.1 Å². The lowest BCUT2D eigenvalue weighted by Crippen LogP contribution is -2.42. The Bertz CT molecular complexity index is 1020. The summed E-state index contributed by atoms with van der Waals surface area (Å²) >= 11 is 0. The minimum atomic E-state index is -0.904. The number of ether oxygens (including phenoxy) is 6. The molecule has 0 heterocycles. The molecule has 2 aromatic rings. The Morgan fingerprint density at radius 3 is 1.52 bits per heavy atom. The van der Waals surface area contributed by atoms with E-state index in [4.69, 9.17) is 24.1 Å². The zero-order valence-corrected chi connectivity index (χ0v) is 23.4. The van der Waals surface area contributed by atoms with Crippen LogP contribution in [-0.2, 0) is 51.2 Å². The molecule has 0 aromatic heterocycles. The first-order valence-electron chi connectivity index (χ1n) is 12.6. The number of hydrogen-bond donors (Lipinski definition) is 3. The molecule has 0 spiro atoms. The summed E-state index contributed by atoms with van der Waals surface area (Å²) < 4.78 is 29.0. The van der Waals surface area contributed by atoms with E-state index in [1.807, 2.05) is 60.7 Å². The summed E-state index contributed by atoms with van der Waals surface area (Å²) in [4.78, 5) is 46.1. The van der Waals surface area contributed by atoms with Crippen molar-refractivity contribution in [3.63, 3.8) is 0 Å². The van der Waals surface area contributed by atoms with Crippen molar-refractivity contribution in [3.8, 4) is 0 Å². The van der Waals surface area contributed by atoms with Crippen LogP contribution in [0.2, 0.25) is 0 Å². The Kier molecular flexibility index (Phi) is 21.1. The van der Waals surface area contributed by atoms with Gasteiger partial charge in [-0.1, -0.05) is 68.1 Å². The zero-order valence-electron chi connectivity index (χ0n) is 23.4. The van der Waals surface area contributed by atoms with E-state index < -0.39 is 36.2 Å². The quantitative estimate of drug-likeness (QED) is 0.120. The van der Waals surface area contributed by atoms with Crippen molar-refractivity contribution in [2.24, 2.45) is 0 Å². The largest absolute Gasteiger partial charge is 0.467 e. The molecule has 0 unspecified atom stereocenters. The minimum Gasteiger partial charge on any atom is -0.467 e. The molecular weight excluding hydrogens is 552 g/mol. The van der Waals surface area contributed by atoms with Gasteiger partial charge in [-0.25, -0.2) is 19.2 Å². The number of carbonyl (C=O) groups is 4. The highest BCUT2D eigenvalue weighted by molar-refractivity contribution is 5.81. The van der Waals surface area contributed by atoms with Crippen LogP contribution in [-0.4, -0.2) is 82.7 Å². The van der Waals surface area contributed by atoms with Crippen LogP contribution in [0, 0.1) is 0 Å². The van der Waals surface area contributed by atoms with Gasteiger partial charge in [0.05, 0.1) is 20.8 Å². The highest BCUT2D eigenvalue weighted by Crippen LogP contribution is 2.03. The van der Waals surface area contributed by atoms with Crippen molar-refractivity contribution in [2.45, 2.75) is 45.6 Å². The molecule has 2 amide bonds. The van der Waals surface area contributed by atoms with Crippen LogP contribution in [0.5, 0.6) is 0 Å². The molecule has 0 bridgehead atoms. The van der Waals surface area contributed by atoms with Crippen LogP contribution < -0.4 is 10.6 Å². The second-order valence-corrected chi connectivity index (χ2v) is 8.18. The van der Waals surface area contributed by atoms with Gasteiger partial charge in [-0.15, -0.1) is 0 Å². The zero-order chi connectivity index (χ0) is 30.3. The lowest BCUT2D eigenvalue weighted by Gasteiger charge is -2.16. The molecular formula is C29H42N2O11. The Morgan fingerprint density at radius 1 is 0.714 bits per heavy atom. The first-order valence-corrected chi connectivity index (χ1v) is 12.6. The normalized spacial score (nSPS) is 11.2. The van der Waals surface area contributed by atoms with E-state index in [9.17, 15) is 19.2 Å². The number of rotatable bonds is 15. The van der Waals surface area contributed by atoms with Gasteiger partial charge < -0.3 is 44.2 Å². The molecule has 3 N–H and O–H groups in total. The summed E-state index contributed by atoms with van der Waals surface area (Å²) in [5.41, 5.74) is 1.70. The van der Waals surface area contributed by atoms with Crippen molar-refractivity contribution in [3.05, 3.63) is 71.8 Å². The summed E-state index contributed by atoms with van der Waals surface area (Å²) in [6.07, 6.45) is -1.08. The molecule has 13 heteroatoms. The molecule has 0 aliphatic heterocycles. The van der Waals surface area contributed by atoms with Crippen molar-refractivity contribution < 1.29 is 52.7 Å². The summed E-state index contributed by atoms with van der Waals surface area (Å²) in [5.74, 6) is -1.18. The number of esters is 2. The molecule has 13 nitrogen and oxygen atoms in total. The summed E-state index contributed by atoms with van der Waals surface area (Å²) in [7, 11) is 3.96. The van der Waals surface area contributed by atoms with Crippen LogP contribution in [0.1, 0.15) is 31.4 Å². The maximum absolute atomic E-state index is 11.7. The van der Waals surface area contributed by atoms with E-state index in [1.165, 1.54) is 21.3 Å². The molecule has 0 radical (unpaired) electrons. The molecule has 0 aliphatic rings. The topological polar surface area (TPSA) is 168 Å². The fourth-order valence-corrected chi connectivity index (χ4v) is 3.07. The van der Waals surface area contributed by atoms with Crippen LogP contribution >= 0.6 is 0 Å². The molecule has 0 fully saturated rings. The van der Waals surface area contributed by atoms with Gasteiger partial charge in [-0.05, 0) is 11.1 Å². The van der Waals surface area contributed by atoms with Crippen molar-refractivity contribution >= 4 is 24.1 Å². The number of aliphatic hydroxyl groups is 1. The summed E-state index contributed by atoms with van der Waals surface area (Å²) in [6.45, 7) is 0.359. The van der Waals surface area contributed by atoms with Gasteiger partial charge >= 0.3 is 24.1 Å². The lowest BCUT2D eigenvalue weighted by molar-refractivity contribution is -0.144. The number of methoxy groups -OCH3 is 3. The number of carbonyl (C=O) groups excluding carboxylic acids is 4. The fraction of sp³-hybridized carbons (Fsp3) is 0.448. The summed E-state index contributed by atoms with van der Waals surface area (Å²) in [6, 6.07) is 16.7. The Morgan fingerprint density at radius 2 is 1.14 bits per heavy atom. The molecule has 2 atom stereocenters. The van der Waals surface area contributed by atoms with Crippen LogP contribution in [0.15, 0.2) is 60.7 Å². The maximum atomic E-state index is 11.7. The van der Waals surface area contributed by atoms with Crippen molar-refractivity contribution in [1.29, 1.82) is 0 Å². The third-order valence-electron chi connectivity index (χ3n) is 5.15. The van der Waals surface area contributed by atoms with Crippen molar-refractivity contribution in [2.75, 3.05) is 41.3 Å².